The van der Waals surface area contributed by atoms with Crippen LogP contribution in [0.25, 0.3) is 0 Å². The van der Waals surface area contributed by atoms with Gasteiger partial charge in [0.05, 0.1) is 22.4 Å². The van der Waals surface area contributed by atoms with Crippen molar-refractivity contribution in [2.24, 2.45) is 17.8 Å². The van der Waals surface area contributed by atoms with Gasteiger partial charge >= 0.3 is 0 Å². The molecule has 1 N–H and O–H groups in total. The minimum absolute atomic E-state index is 0.478. The molecule has 20 heavy (non-hydrogen) atoms. The molecule has 3 rings (SSSR count). The van der Waals surface area contributed by atoms with Crippen LogP contribution in [0.5, 0.6) is 0 Å². The number of aryl methyl sites for hydroxylation is 1. The summed E-state index contributed by atoms with van der Waals surface area (Å²) in [5.41, 5.74) is 1.38. The standard InChI is InChI=1S/C16H26BrN3/c1-3-5-18-15(13-8-11-7-12(11)9-13)16-14(17)10-19-20(16)6-4-2/h10-13,15,18H,3-9H2,1-2H3. The van der Waals surface area contributed by atoms with Crippen LogP contribution < -0.4 is 5.32 Å². The molecule has 1 heterocycles. The lowest BCUT2D eigenvalue weighted by molar-refractivity contribution is 0.321. The fourth-order valence-corrected chi connectivity index (χ4v) is 4.43. The predicted octanol–water partition coefficient (Wildman–Crippen LogP) is 4.14. The molecule has 0 aromatic carbocycles. The number of halogens is 1. The molecule has 3 atom stereocenters. The minimum Gasteiger partial charge on any atom is -0.308 e. The van der Waals surface area contributed by atoms with E-state index in [2.05, 4.69) is 44.9 Å². The van der Waals surface area contributed by atoms with Gasteiger partial charge in [-0.3, -0.25) is 4.68 Å². The molecule has 0 aliphatic heterocycles. The molecule has 2 fully saturated rings. The Bertz CT molecular complexity index is 447. The Morgan fingerprint density at radius 2 is 2.05 bits per heavy atom. The molecule has 112 valence electrons. The lowest BCUT2D eigenvalue weighted by Gasteiger charge is -2.27. The summed E-state index contributed by atoms with van der Waals surface area (Å²) in [6.45, 7) is 6.58. The van der Waals surface area contributed by atoms with Gasteiger partial charge in [0.25, 0.3) is 0 Å². The molecule has 4 heteroatoms. The normalized spacial score (nSPS) is 29.4. The summed E-state index contributed by atoms with van der Waals surface area (Å²) in [4.78, 5) is 0. The topological polar surface area (TPSA) is 29.9 Å². The van der Waals surface area contributed by atoms with E-state index in [4.69, 9.17) is 0 Å². The Hall–Kier alpha value is -0.350. The van der Waals surface area contributed by atoms with Crippen LogP contribution in [0.15, 0.2) is 10.7 Å². The number of hydrogen-bond donors (Lipinski definition) is 1. The van der Waals surface area contributed by atoms with Crippen LogP contribution >= 0.6 is 15.9 Å². The van der Waals surface area contributed by atoms with Crippen molar-refractivity contribution >= 4 is 15.9 Å². The van der Waals surface area contributed by atoms with Crippen LogP contribution in [0, 0.1) is 17.8 Å². The quantitative estimate of drug-likeness (QED) is 0.808. The van der Waals surface area contributed by atoms with E-state index in [0.717, 1.165) is 37.3 Å². The van der Waals surface area contributed by atoms with Crippen molar-refractivity contribution in [1.82, 2.24) is 15.1 Å². The highest BCUT2D eigenvalue weighted by molar-refractivity contribution is 9.10. The summed E-state index contributed by atoms with van der Waals surface area (Å²) < 4.78 is 3.39. The maximum absolute atomic E-state index is 4.57. The zero-order chi connectivity index (χ0) is 14.1. The van der Waals surface area contributed by atoms with E-state index >= 15 is 0 Å². The van der Waals surface area contributed by atoms with Gasteiger partial charge in [0, 0.05) is 6.54 Å². The average Bonchev–Trinajstić information content (AvgIpc) is 2.88. The highest BCUT2D eigenvalue weighted by Gasteiger charge is 2.48. The highest BCUT2D eigenvalue weighted by atomic mass is 79.9. The van der Waals surface area contributed by atoms with Gasteiger partial charge in [-0.15, -0.1) is 0 Å². The maximum Gasteiger partial charge on any atom is 0.0698 e. The summed E-state index contributed by atoms with van der Waals surface area (Å²) in [7, 11) is 0. The van der Waals surface area contributed by atoms with Gasteiger partial charge in [0.2, 0.25) is 0 Å². The molecule has 3 unspecified atom stereocenters. The number of nitrogens with one attached hydrogen (secondary N) is 1. The van der Waals surface area contributed by atoms with Crippen LogP contribution in [-0.2, 0) is 6.54 Å². The zero-order valence-electron chi connectivity index (χ0n) is 12.6. The number of nitrogens with zero attached hydrogens (tertiary/aromatic N) is 2. The van der Waals surface area contributed by atoms with Crippen molar-refractivity contribution in [2.75, 3.05) is 6.54 Å². The molecule has 2 saturated carbocycles. The second-order valence-electron chi connectivity index (χ2n) is 6.52. The van der Waals surface area contributed by atoms with Crippen LogP contribution in [-0.4, -0.2) is 16.3 Å². The lowest BCUT2D eigenvalue weighted by Crippen LogP contribution is -2.31. The van der Waals surface area contributed by atoms with Crippen LogP contribution in [0.3, 0.4) is 0 Å². The molecule has 0 amide bonds. The van der Waals surface area contributed by atoms with E-state index < -0.39 is 0 Å². The third-order valence-electron chi connectivity index (χ3n) is 4.93. The van der Waals surface area contributed by atoms with Crippen molar-refractivity contribution in [3.63, 3.8) is 0 Å². The monoisotopic (exact) mass is 339 g/mol. The van der Waals surface area contributed by atoms with Crippen molar-refractivity contribution < 1.29 is 0 Å². The highest BCUT2D eigenvalue weighted by Crippen LogP contribution is 2.57. The summed E-state index contributed by atoms with van der Waals surface area (Å²) >= 11 is 3.73. The number of fused-ring (bicyclic) bond motifs is 1. The first-order valence-electron chi connectivity index (χ1n) is 8.19. The van der Waals surface area contributed by atoms with Crippen LogP contribution in [0.4, 0.5) is 0 Å². The van der Waals surface area contributed by atoms with E-state index in [1.165, 1.54) is 35.8 Å². The molecule has 1 aromatic rings. The Kier molecular flexibility index (Phi) is 4.51. The molecular formula is C16H26BrN3. The van der Waals surface area contributed by atoms with Crippen molar-refractivity contribution in [3.8, 4) is 0 Å². The van der Waals surface area contributed by atoms with Gasteiger partial charge in [-0.05, 0) is 72.3 Å². The SMILES string of the molecule is CCCNC(c1c(Br)cnn1CCC)C1CC2CC2C1. The number of aromatic nitrogens is 2. The first-order valence-corrected chi connectivity index (χ1v) is 8.98. The summed E-state index contributed by atoms with van der Waals surface area (Å²) in [5, 5.41) is 8.37. The Balaban J connectivity index is 1.82. The van der Waals surface area contributed by atoms with Gasteiger partial charge in [0.1, 0.15) is 0 Å². The van der Waals surface area contributed by atoms with E-state index in [1.807, 2.05) is 6.20 Å². The Labute approximate surface area is 130 Å². The van der Waals surface area contributed by atoms with Gasteiger partial charge in [-0.25, -0.2) is 0 Å². The fraction of sp³-hybridized carbons (Fsp3) is 0.812. The van der Waals surface area contributed by atoms with Gasteiger partial charge in [0.15, 0.2) is 0 Å². The molecule has 2 aliphatic rings. The second kappa shape index (κ2) is 6.18. The molecule has 0 saturated heterocycles. The van der Waals surface area contributed by atoms with Crippen LogP contribution in [0.1, 0.15) is 57.7 Å². The fourth-order valence-electron chi connectivity index (χ4n) is 3.89. The molecule has 0 spiro atoms. The van der Waals surface area contributed by atoms with Crippen molar-refractivity contribution in [2.45, 2.75) is 58.5 Å². The molecule has 0 radical (unpaired) electrons. The summed E-state index contributed by atoms with van der Waals surface area (Å²) in [6.07, 6.45) is 8.62. The van der Waals surface area contributed by atoms with E-state index in [0.29, 0.717) is 6.04 Å². The zero-order valence-corrected chi connectivity index (χ0v) is 14.2. The average molecular weight is 340 g/mol. The van der Waals surface area contributed by atoms with Crippen molar-refractivity contribution in [3.05, 3.63) is 16.4 Å². The number of rotatable bonds is 7. The van der Waals surface area contributed by atoms with E-state index in [9.17, 15) is 0 Å². The van der Waals surface area contributed by atoms with Crippen LogP contribution in [0.2, 0.25) is 0 Å². The van der Waals surface area contributed by atoms with Gasteiger partial charge in [-0.2, -0.15) is 5.10 Å². The molecule has 0 bridgehead atoms. The first kappa shape index (κ1) is 14.6. The summed E-state index contributed by atoms with van der Waals surface area (Å²) in [6, 6.07) is 0.478. The third kappa shape index (κ3) is 2.82. The van der Waals surface area contributed by atoms with E-state index in [1.54, 1.807) is 0 Å². The van der Waals surface area contributed by atoms with Gasteiger partial charge in [-0.1, -0.05) is 13.8 Å². The Morgan fingerprint density at radius 3 is 2.70 bits per heavy atom. The second-order valence-corrected chi connectivity index (χ2v) is 7.37. The first-order chi connectivity index (χ1) is 9.74. The minimum atomic E-state index is 0.478. The molecule has 1 aromatic heterocycles. The predicted molar refractivity (Wildman–Crippen MR) is 85.6 cm³/mol. The molecular weight excluding hydrogens is 314 g/mol. The van der Waals surface area contributed by atoms with E-state index in [-0.39, 0.29) is 0 Å². The largest absolute Gasteiger partial charge is 0.308 e. The summed E-state index contributed by atoms with van der Waals surface area (Å²) in [5.74, 6) is 2.87. The molecule has 3 nitrogen and oxygen atoms in total. The molecule has 2 aliphatic carbocycles. The Morgan fingerprint density at radius 1 is 1.30 bits per heavy atom. The number of hydrogen-bond acceptors (Lipinski definition) is 2. The van der Waals surface area contributed by atoms with Crippen molar-refractivity contribution in [1.29, 1.82) is 0 Å². The maximum atomic E-state index is 4.57. The van der Waals surface area contributed by atoms with Gasteiger partial charge < -0.3 is 5.32 Å². The lowest BCUT2D eigenvalue weighted by atomic mass is 9.91. The smallest absolute Gasteiger partial charge is 0.0698 e. The third-order valence-corrected chi connectivity index (χ3v) is 5.54.